The van der Waals surface area contributed by atoms with Crippen molar-refractivity contribution >= 4 is 11.9 Å². The fourth-order valence-electron chi connectivity index (χ4n) is 1.44. The quantitative estimate of drug-likeness (QED) is 0.830. The van der Waals surface area contributed by atoms with Crippen LogP contribution in [0.25, 0.3) is 0 Å². The minimum atomic E-state index is -0.440. The van der Waals surface area contributed by atoms with Gasteiger partial charge in [-0.1, -0.05) is 0 Å². The van der Waals surface area contributed by atoms with Gasteiger partial charge in [-0.15, -0.1) is 0 Å². The van der Waals surface area contributed by atoms with Crippen molar-refractivity contribution in [2.75, 3.05) is 12.4 Å². The number of carbonyl (C=O) groups excluding carboxylic acids is 1. The topological polar surface area (TPSA) is 77.2 Å². The Morgan fingerprint density at radius 2 is 2.39 bits per heavy atom. The summed E-state index contributed by atoms with van der Waals surface area (Å²) in [5.74, 6) is 0.787. The second-order valence-electron chi connectivity index (χ2n) is 3.62. The van der Waals surface area contributed by atoms with Gasteiger partial charge in [0.1, 0.15) is 5.76 Å². The standard InChI is InChI=1S/C12H13N3O3/c1-8-10(11(16)17-2)7-14-12(15-8)13-6-9-4-3-5-18-9/h3-5,7H,6H2,1-2H3,(H,13,14,15). The van der Waals surface area contributed by atoms with E-state index in [4.69, 9.17) is 4.42 Å². The number of hydrogen-bond donors (Lipinski definition) is 1. The van der Waals surface area contributed by atoms with Gasteiger partial charge in [0.25, 0.3) is 0 Å². The van der Waals surface area contributed by atoms with Crippen molar-refractivity contribution in [2.24, 2.45) is 0 Å². The molecule has 0 fully saturated rings. The lowest BCUT2D eigenvalue weighted by Gasteiger charge is -2.06. The molecule has 2 aromatic rings. The minimum Gasteiger partial charge on any atom is -0.467 e. The van der Waals surface area contributed by atoms with Gasteiger partial charge in [-0.2, -0.15) is 0 Å². The predicted molar refractivity (Wildman–Crippen MR) is 64.1 cm³/mol. The van der Waals surface area contributed by atoms with E-state index >= 15 is 0 Å². The molecule has 0 aliphatic rings. The third-order valence-electron chi connectivity index (χ3n) is 2.39. The monoisotopic (exact) mass is 247 g/mol. The average Bonchev–Trinajstić information content (AvgIpc) is 2.88. The van der Waals surface area contributed by atoms with Crippen molar-refractivity contribution in [1.82, 2.24) is 9.97 Å². The zero-order valence-electron chi connectivity index (χ0n) is 10.1. The fraction of sp³-hybridized carbons (Fsp3) is 0.250. The van der Waals surface area contributed by atoms with Crippen LogP contribution in [0.5, 0.6) is 0 Å². The number of nitrogens with zero attached hydrogens (tertiary/aromatic N) is 2. The number of methoxy groups -OCH3 is 1. The van der Waals surface area contributed by atoms with E-state index in [9.17, 15) is 4.79 Å². The zero-order chi connectivity index (χ0) is 13.0. The highest BCUT2D eigenvalue weighted by atomic mass is 16.5. The molecule has 18 heavy (non-hydrogen) atoms. The molecule has 2 heterocycles. The molecule has 2 aromatic heterocycles. The van der Waals surface area contributed by atoms with Crippen molar-refractivity contribution in [3.63, 3.8) is 0 Å². The van der Waals surface area contributed by atoms with Crippen LogP contribution in [0.15, 0.2) is 29.0 Å². The number of furan rings is 1. The lowest BCUT2D eigenvalue weighted by atomic mass is 10.2. The van der Waals surface area contributed by atoms with E-state index in [1.54, 1.807) is 13.2 Å². The summed E-state index contributed by atoms with van der Waals surface area (Å²) in [6.45, 7) is 2.22. The Hall–Kier alpha value is -2.37. The van der Waals surface area contributed by atoms with Gasteiger partial charge in [0.15, 0.2) is 0 Å². The van der Waals surface area contributed by atoms with Gasteiger partial charge in [-0.3, -0.25) is 0 Å². The third-order valence-corrected chi connectivity index (χ3v) is 2.39. The molecule has 0 amide bonds. The van der Waals surface area contributed by atoms with Gasteiger partial charge in [-0.25, -0.2) is 14.8 Å². The van der Waals surface area contributed by atoms with Gasteiger partial charge < -0.3 is 14.5 Å². The molecule has 0 aliphatic carbocycles. The first kappa shape index (κ1) is 12.1. The molecule has 0 atom stereocenters. The molecule has 2 rings (SSSR count). The van der Waals surface area contributed by atoms with E-state index in [-0.39, 0.29) is 0 Å². The lowest BCUT2D eigenvalue weighted by Crippen LogP contribution is -2.09. The number of anilines is 1. The Kier molecular flexibility index (Phi) is 3.57. The molecule has 0 saturated heterocycles. The molecule has 0 unspecified atom stereocenters. The van der Waals surface area contributed by atoms with Crippen LogP contribution in [-0.4, -0.2) is 23.0 Å². The summed E-state index contributed by atoms with van der Waals surface area (Å²) in [5.41, 5.74) is 0.930. The highest BCUT2D eigenvalue weighted by Gasteiger charge is 2.11. The Morgan fingerprint density at radius 1 is 1.56 bits per heavy atom. The smallest absolute Gasteiger partial charge is 0.341 e. The fourth-order valence-corrected chi connectivity index (χ4v) is 1.44. The normalized spacial score (nSPS) is 10.1. The first-order valence-electron chi connectivity index (χ1n) is 5.39. The number of esters is 1. The van der Waals surface area contributed by atoms with E-state index in [0.717, 1.165) is 5.76 Å². The number of hydrogen-bond acceptors (Lipinski definition) is 6. The van der Waals surface area contributed by atoms with Gasteiger partial charge in [-0.05, 0) is 19.1 Å². The van der Waals surface area contributed by atoms with Crippen molar-refractivity contribution in [3.8, 4) is 0 Å². The highest BCUT2D eigenvalue weighted by Crippen LogP contribution is 2.09. The van der Waals surface area contributed by atoms with Crippen LogP contribution in [0.2, 0.25) is 0 Å². The number of nitrogens with one attached hydrogen (secondary N) is 1. The molecular weight excluding hydrogens is 234 g/mol. The summed E-state index contributed by atoms with van der Waals surface area (Å²) in [5, 5.41) is 3.00. The minimum absolute atomic E-state index is 0.362. The van der Waals surface area contributed by atoms with Crippen molar-refractivity contribution < 1.29 is 13.9 Å². The maximum atomic E-state index is 11.4. The van der Waals surface area contributed by atoms with Crippen LogP contribution in [-0.2, 0) is 11.3 Å². The molecule has 0 radical (unpaired) electrons. The summed E-state index contributed by atoms with van der Waals surface area (Å²) >= 11 is 0. The highest BCUT2D eigenvalue weighted by molar-refractivity contribution is 5.90. The number of rotatable bonds is 4. The molecule has 0 aliphatic heterocycles. The molecule has 94 valence electrons. The van der Waals surface area contributed by atoms with E-state index in [1.807, 2.05) is 12.1 Å². The lowest BCUT2D eigenvalue weighted by molar-refractivity contribution is 0.0599. The van der Waals surface area contributed by atoms with Crippen LogP contribution in [0.3, 0.4) is 0 Å². The third kappa shape index (κ3) is 2.65. The van der Waals surface area contributed by atoms with Crippen LogP contribution in [0.4, 0.5) is 5.95 Å². The molecule has 0 bridgehead atoms. The first-order chi connectivity index (χ1) is 8.70. The summed E-state index contributed by atoms with van der Waals surface area (Å²) in [6, 6.07) is 3.66. The average molecular weight is 247 g/mol. The maximum Gasteiger partial charge on any atom is 0.341 e. The van der Waals surface area contributed by atoms with E-state index < -0.39 is 5.97 Å². The molecular formula is C12H13N3O3. The summed E-state index contributed by atoms with van der Waals surface area (Å²) < 4.78 is 9.79. The summed E-state index contributed by atoms with van der Waals surface area (Å²) in [6.07, 6.45) is 3.04. The molecule has 0 spiro atoms. The van der Waals surface area contributed by atoms with Gasteiger partial charge in [0.05, 0.1) is 31.2 Å². The second kappa shape index (κ2) is 5.31. The zero-order valence-corrected chi connectivity index (χ0v) is 10.1. The van der Waals surface area contributed by atoms with E-state index in [0.29, 0.717) is 23.8 Å². The SMILES string of the molecule is COC(=O)c1cnc(NCc2ccco2)nc1C. The Labute approximate surface area is 104 Å². The van der Waals surface area contributed by atoms with E-state index in [1.165, 1.54) is 13.3 Å². The Bertz CT molecular complexity index is 538. The molecule has 0 aromatic carbocycles. The van der Waals surface area contributed by atoms with Gasteiger partial charge in [0.2, 0.25) is 5.95 Å². The van der Waals surface area contributed by atoms with Gasteiger partial charge >= 0.3 is 5.97 Å². The Balaban J connectivity index is 2.07. The first-order valence-corrected chi connectivity index (χ1v) is 5.39. The maximum absolute atomic E-state index is 11.4. The number of aromatic nitrogens is 2. The van der Waals surface area contributed by atoms with E-state index in [2.05, 4.69) is 20.0 Å². The van der Waals surface area contributed by atoms with Crippen LogP contribution in [0.1, 0.15) is 21.8 Å². The summed E-state index contributed by atoms with van der Waals surface area (Å²) in [7, 11) is 1.32. The largest absolute Gasteiger partial charge is 0.467 e. The van der Waals surface area contributed by atoms with Crippen LogP contribution in [0, 0.1) is 6.92 Å². The van der Waals surface area contributed by atoms with Gasteiger partial charge in [0, 0.05) is 6.20 Å². The molecule has 6 nitrogen and oxygen atoms in total. The van der Waals surface area contributed by atoms with Crippen molar-refractivity contribution in [2.45, 2.75) is 13.5 Å². The van der Waals surface area contributed by atoms with Crippen LogP contribution < -0.4 is 5.32 Å². The van der Waals surface area contributed by atoms with Crippen molar-refractivity contribution in [1.29, 1.82) is 0 Å². The van der Waals surface area contributed by atoms with Crippen molar-refractivity contribution in [3.05, 3.63) is 41.6 Å². The molecule has 0 saturated carbocycles. The molecule has 6 heteroatoms. The number of ether oxygens (including phenoxy) is 1. The predicted octanol–water partition coefficient (Wildman–Crippen LogP) is 1.78. The van der Waals surface area contributed by atoms with Crippen LogP contribution >= 0.6 is 0 Å². The molecule has 1 N–H and O–H groups in total. The number of carbonyl (C=O) groups is 1. The number of aryl methyl sites for hydroxylation is 1. The Morgan fingerprint density at radius 3 is 3.00 bits per heavy atom. The summed E-state index contributed by atoms with van der Waals surface area (Å²) in [4.78, 5) is 19.6. The second-order valence-corrected chi connectivity index (χ2v) is 3.62.